The van der Waals surface area contributed by atoms with Crippen LogP contribution in [-0.2, 0) is 32.3 Å². The van der Waals surface area contributed by atoms with Crippen molar-refractivity contribution in [3.63, 3.8) is 0 Å². The number of piperidine rings is 3. The van der Waals surface area contributed by atoms with Gasteiger partial charge in [-0.1, -0.05) is 11.2 Å². The van der Waals surface area contributed by atoms with Crippen molar-refractivity contribution in [3.8, 4) is 11.1 Å². The van der Waals surface area contributed by atoms with E-state index >= 15 is 0 Å². The van der Waals surface area contributed by atoms with E-state index in [0.717, 1.165) is 50.5 Å². The lowest BCUT2D eigenvalue weighted by Gasteiger charge is -2.38. The molecule has 6 amide bonds. The number of nitrogens with one attached hydrogen (secondary N) is 1. The highest BCUT2D eigenvalue weighted by atomic mass is 19.2. The molecule has 0 bridgehead atoms. The molecule has 10 rings (SSSR count). The molecule has 3 saturated heterocycles. The Bertz CT molecular complexity index is 2730. The lowest BCUT2D eigenvalue weighted by atomic mass is 9.98. The van der Waals surface area contributed by atoms with Gasteiger partial charge in [0.25, 0.3) is 11.8 Å². The number of carbonyl (C=O) groups excluding carboxylic acids is 6. The first-order chi connectivity index (χ1) is 30.3. The lowest BCUT2D eigenvalue weighted by Crippen LogP contribution is -2.54. The number of hydrogen-bond donors (Lipinski definition) is 1. The topological polar surface area (TPSA) is 171 Å². The Balaban J connectivity index is 0.844. The van der Waals surface area contributed by atoms with Gasteiger partial charge in [0.05, 0.1) is 33.9 Å². The maximum absolute atomic E-state index is 14.6. The number of aryl methyl sites for hydroxylation is 2. The van der Waals surface area contributed by atoms with Crippen molar-refractivity contribution in [2.45, 2.75) is 96.4 Å². The molecule has 5 aromatic rings. The van der Waals surface area contributed by atoms with Crippen molar-refractivity contribution >= 4 is 52.2 Å². The molecule has 1 unspecified atom stereocenters. The number of rotatable bonds is 8. The van der Waals surface area contributed by atoms with Crippen molar-refractivity contribution in [2.24, 2.45) is 0 Å². The number of anilines is 1. The first-order valence-electron chi connectivity index (χ1n) is 21.4. The van der Waals surface area contributed by atoms with Gasteiger partial charge in [-0.2, -0.15) is 0 Å². The molecular formula is C46H44F2N8O7. The number of imidazole rings is 1. The van der Waals surface area contributed by atoms with E-state index in [0.29, 0.717) is 75.5 Å². The number of aromatic nitrogens is 3. The molecule has 324 valence electrons. The Hall–Kier alpha value is -6.62. The average molecular weight is 859 g/mol. The van der Waals surface area contributed by atoms with E-state index in [4.69, 9.17) is 9.51 Å². The van der Waals surface area contributed by atoms with Crippen LogP contribution in [0, 0.1) is 25.5 Å². The van der Waals surface area contributed by atoms with Gasteiger partial charge in [-0.15, -0.1) is 0 Å². The summed E-state index contributed by atoms with van der Waals surface area (Å²) in [5, 5.41) is 6.35. The van der Waals surface area contributed by atoms with Gasteiger partial charge in [-0.05, 0) is 99.0 Å². The van der Waals surface area contributed by atoms with Crippen LogP contribution < -0.4 is 10.2 Å². The largest absolute Gasteiger partial charge is 0.361 e. The van der Waals surface area contributed by atoms with Crippen molar-refractivity contribution < 1.29 is 42.1 Å². The second-order valence-electron chi connectivity index (χ2n) is 17.2. The number of fused-ring (bicyclic) bond motifs is 3. The zero-order valence-corrected chi connectivity index (χ0v) is 34.8. The van der Waals surface area contributed by atoms with Crippen molar-refractivity contribution in [1.29, 1.82) is 0 Å². The van der Waals surface area contributed by atoms with Crippen LogP contribution in [0.15, 0.2) is 53.1 Å². The number of likely N-dealkylation sites (tertiary alicyclic amines) is 1. The van der Waals surface area contributed by atoms with E-state index in [9.17, 15) is 37.5 Å². The minimum atomic E-state index is -1.04. The molecule has 7 heterocycles. The minimum Gasteiger partial charge on any atom is -0.361 e. The summed E-state index contributed by atoms with van der Waals surface area (Å²) in [5.74, 6) is -3.06. The number of benzene rings is 3. The molecule has 63 heavy (non-hydrogen) atoms. The van der Waals surface area contributed by atoms with E-state index in [2.05, 4.69) is 19.9 Å². The molecule has 0 spiro atoms. The fraction of sp³-hybridized carbons (Fsp3) is 0.391. The van der Waals surface area contributed by atoms with E-state index in [-0.39, 0.29) is 60.4 Å². The molecule has 1 N–H and O–H groups in total. The molecule has 5 aliphatic heterocycles. The number of amides is 6. The highest BCUT2D eigenvalue weighted by molar-refractivity contribution is 6.23. The third-order valence-corrected chi connectivity index (χ3v) is 13.3. The summed E-state index contributed by atoms with van der Waals surface area (Å²) in [7, 11) is 0. The molecule has 15 nitrogen and oxygen atoms in total. The number of carbonyl (C=O) groups is 6. The van der Waals surface area contributed by atoms with Crippen LogP contribution >= 0.6 is 0 Å². The van der Waals surface area contributed by atoms with Crippen LogP contribution in [-0.4, -0.2) is 90.5 Å². The van der Waals surface area contributed by atoms with Crippen LogP contribution in [0.3, 0.4) is 0 Å². The Kier molecular flexibility index (Phi) is 10.0. The molecule has 3 aromatic carbocycles. The maximum Gasteiger partial charge on any atom is 0.262 e. The summed E-state index contributed by atoms with van der Waals surface area (Å²) in [5.41, 5.74) is 6.60. The molecule has 5 aliphatic rings. The molecule has 0 radical (unpaired) electrons. The lowest BCUT2D eigenvalue weighted by molar-refractivity contribution is -0.136. The van der Waals surface area contributed by atoms with Gasteiger partial charge in [0, 0.05) is 75.3 Å². The second kappa shape index (κ2) is 15.6. The van der Waals surface area contributed by atoms with Crippen LogP contribution in [0.5, 0.6) is 0 Å². The Morgan fingerprint density at radius 2 is 1.56 bits per heavy atom. The van der Waals surface area contributed by atoms with Crippen molar-refractivity contribution in [2.75, 3.05) is 24.5 Å². The first-order valence-corrected chi connectivity index (χ1v) is 21.4. The van der Waals surface area contributed by atoms with E-state index in [1.165, 1.54) is 6.07 Å². The summed E-state index contributed by atoms with van der Waals surface area (Å²) in [4.78, 5) is 90.0. The van der Waals surface area contributed by atoms with E-state index in [1.54, 1.807) is 17.0 Å². The third-order valence-electron chi connectivity index (χ3n) is 13.3. The summed E-state index contributed by atoms with van der Waals surface area (Å²) in [6.45, 7) is 6.20. The second-order valence-corrected chi connectivity index (χ2v) is 17.2. The van der Waals surface area contributed by atoms with Crippen LogP contribution in [0.2, 0.25) is 0 Å². The Morgan fingerprint density at radius 1 is 0.825 bits per heavy atom. The summed E-state index contributed by atoms with van der Waals surface area (Å²) < 4.78 is 36.3. The molecule has 3 fully saturated rings. The van der Waals surface area contributed by atoms with Gasteiger partial charge in [0.2, 0.25) is 23.6 Å². The maximum atomic E-state index is 14.6. The SMILES string of the molecule is Cc1noc(C)c1-c1ccc2c(c1)nc([C@@H]1CCCC(=O)N1c1ccc(F)c(F)c1)n2C1CCN(C(=O)CCN2Cc3cc4c(cc3C2)C(=O)N(C2CCC(=O)NC2=O)C4=O)CC1. The molecule has 17 heteroatoms. The summed E-state index contributed by atoms with van der Waals surface area (Å²) in [6.07, 6.45) is 3.10. The van der Waals surface area contributed by atoms with Gasteiger partial charge in [-0.3, -0.25) is 43.9 Å². The number of nitrogens with zero attached hydrogens (tertiary/aromatic N) is 7. The quantitative estimate of drug-likeness (QED) is 0.188. The van der Waals surface area contributed by atoms with Gasteiger partial charge in [0.15, 0.2) is 11.6 Å². The number of imide groups is 2. The summed E-state index contributed by atoms with van der Waals surface area (Å²) in [6, 6.07) is 11.3. The Morgan fingerprint density at radius 3 is 2.22 bits per heavy atom. The number of halogens is 2. The molecule has 2 aromatic heterocycles. The fourth-order valence-corrected chi connectivity index (χ4v) is 10.2. The monoisotopic (exact) mass is 858 g/mol. The average Bonchev–Trinajstić information content (AvgIpc) is 4.01. The molecular weight excluding hydrogens is 815 g/mol. The molecule has 0 aliphatic carbocycles. The predicted octanol–water partition coefficient (Wildman–Crippen LogP) is 5.82. The van der Waals surface area contributed by atoms with Crippen LogP contribution in [0.4, 0.5) is 14.5 Å². The van der Waals surface area contributed by atoms with Crippen molar-refractivity contribution in [3.05, 3.63) is 99.7 Å². The normalized spacial score (nSPS) is 20.9. The molecule has 0 saturated carbocycles. The predicted molar refractivity (Wildman–Crippen MR) is 222 cm³/mol. The van der Waals surface area contributed by atoms with Crippen molar-refractivity contribution in [1.82, 2.24) is 34.7 Å². The van der Waals surface area contributed by atoms with Crippen LogP contribution in [0.25, 0.3) is 22.2 Å². The van der Waals surface area contributed by atoms with Gasteiger partial charge < -0.3 is 18.9 Å². The smallest absolute Gasteiger partial charge is 0.262 e. The van der Waals surface area contributed by atoms with Gasteiger partial charge in [-0.25, -0.2) is 13.8 Å². The minimum absolute atomic E-state index is 0.0133. The summed E-state index contributed by atoms with van der Waals surface area (Å²) >= 11 is 0. The van der Waals surface area contributed by atoms with E-state index in [1.807, 2.05) is 36.9 Å². The fourth-order valence-electron chi connectivity index (χ4n) is 10.2. The highest BCUT2D eigenvalue weighted by Gasteiger charge is 2.45. The van der Waals surface area contributed by atoms with Gasteiger partial charge in [0.1, 0.15) is 17.6 Å². The first kappa shape index (κ1) is 40.5. The van der Waals surface area contributed by atoms with E-state index < -0.39 is 47.3 Å². The standard InChI is InChI=1S/C46H44F2N8O7/c1-24-42(25(2)63-51-24)26-6-9-36-35(20-26)49-43(37-4-3-5-41(59)54(37)30-7-8-33(47)34(48)21-30)55(36)29-12-16-53(17-13-29)40(58)14-15-52-22-27-18-31-32(19-28(27)23-52)46(62)56(45(31)61)38-10-11-39(57)50-44(38)60/h6-9,18-21,29,37-38H,3-5,10-17,22-23H2,1-2H3,(H,50,57,60)/t37-,38?/m0/s1. The number of hydrogen-bond acceptors (Lipinski definition) is 10. The molecule has 2 atom stereocenters. The van der Waals surface area contributed by atoms with Gasteiger partial charge >= 0.3 is 0 Å². The zero-order valence-electron chi connectivity index (χ0n) is 34.8. The Labute approximate surface area is 360 Å². The van der Waals surface area contributed by atoms with Crippen LogP contribution in [0.1, 0.15) is 113 Å². The third kappa shape index (κ3) is 6.98. The zero-order chi connectivity index (χ0) is 43.8. The highest BCUT2D eigenvalue weighted by Crippen LogP contribution is 2.41.